The fourth-order valence-corrected chi connectivity index (χ4v) is 1.99. The van der Waals surface area contributed by atoms with Crippen LogP contribution in [0.5, 0.6) is 0 Å². The van der Waals surface area contributed by atoms with Crippen LogP contribution in [0.3, 0.4) is 0 Å². The smallest absolute Gasteiger partial charge is 0.357 e. The Labute approximate surface area is 136 Å². The van der Waals surface area contributed by atoms with Crippen molar-refractivity contribution in [2.24, 2.45) is 0 Å². The number of nitrogens with zero attached hydrogens (tertiary/aromatic N) is 2. The van der Waals surface area contributed by atoms with E-state index in [1.807, 2.05) is 6.92 Å². The molecule has 0 fully saturated rings. The van der Waals surface area contributed by atoms with Gasteiger partial charge in [0.2, 0.25) is 11.7 Å². The first-order valence-electron chi connectivity index (χ1n) is 7.18. The van der Waals surface area contributed by atoms with Gasteiger partial charge in [0, 0.05) is 24.7 Å². The molecule has 1 aromatic carbocycles. The Morgan fingerprint density at radius 2 is 2.00 bits per heavy atom. The summed E-state index contributed by atoms with van der Waals surface area (Å²) in [5.74, 6) is -1.72. The highest BCUT2D eigenvalue weighted by Crippen LogP contribution is 2.29. The Kier molecular flexibility index (Phi) is 5.55. The van der Waals surface area contributed by atoms with E-state index in [0.717, 1.165) is 0 Å². The molecule has 1 N–H and O–H groups in total. The highest BCUT2D eigenvalue weighted by atomic mass is 19.4. The molecule has 1 aromatic heterocycles. The summed E-state index contributed by atoms with van der Waals surface area (Å²) < 4.78 is 46.8. The van der Waals surface area contributed by atoms with Gasteiger partial charge in [-0.2, -0.15) is 18.2 Å². The maximum absolute atomic E-state index is 12.5. The minimum absolute atomic E-state index is 0.151. The van der Waals surface area contributed by atoms with Crippen LogP contribution in [0.1, 0.15) is 37.4 Å². The number of methoxy groups -OCH3 is 1. The van der Waals surface area contributed by atoms with E-state index in [-0.39, 0.29) is 11.7 Å². The van der Waals surface area contributed by atoms with Crippen LogP contribution in [0.2, 0.25) is 0 Å². The van der Waals surface area contributed by atoms with Gasteiger partial charge in [0.05, 0.1) is 0 Å². The van der Waals surface area contributed by atoms with Crippen LogP contribution >= 0.6 is 0 Å². The second-order valence-corrected chi connectivity index (χ2v) is 4.98. The highest BCUT2D eigenvalue weighted by molar-refractivity contribution is 5.76. The van der Waals surface area contributed by atoms with Crippen molar-refractivity contribution >= 4 is 5.91 Å². The molecule has 130 valence electrons. The number of amides is 1. The molecule has 0 aliphatic rings. The SMILES string of the molecule is CCCC(=O)NC(OC)c1ccc(-c2noc(C(F)(F)F)n2)cc1. The summed E-state index contributed by atoms with van der Waals surface area (Å²) >= 11 is 0. The second-order valence-electron chi connectivity index (χ2n) is 4.98. The Bertz CT molecular complexity index is 683. The molecule has 0 radical (unpaired) electrons. The third-order valence-corrected chi connectivity index (χ3v) is 3.15. The largest absolute Gasteiger partial charge is 0.471 e. The van der Waals surface area contributed by atoms with Crippen LogP contribution in [0, 0.1) is 0 Å². The molecule has 9 heteroatoms. The average molecular weight is 343 g/mol. The van der Waals surface area contributed by atoms with Crippen molar-refractivity contribution in [2.75, 3.05) is 7.11 Å². The quantitative estimate of drug-likeness (QED) is 0.814. The molecule has 24 heavy (non-hydrogen) atoms. The number of aromatic nitrogens is 2. The van der Waals surface area contributed by atoms with Crippen molar-refractivity contribution in [3.8, 4) is 11.4 Å². The number of hydrogen-bond donors (Lipinski definition) is 1. The van der Waals surface area contributed by atoms with Gasteiger partial charge in [-0.1, -0.05) is 36.3 Å². The fourth-order valence-electron chi connectivity index (χ4n) is 1.99. The van der Waals surface area contributed by atoms with Crippen molar-refractivity contribution in [3.63, 3.8) is 0 Å². The average Bonchev–Trinajstić information content (AvgIpc) is 3.03. The predicted molar refractivity (Wildman–Crippen MR) is 77.5 cm³/mol. The maximum Gasteiger partial charge on any atom is 0.471 e. The van der Waals surface area contributed by atoms with Crippen LogP contribution in [-0.2, 0) is 15.7 Å². The van der Waals surface area contributed by atoms with E-state index in [0.29, 0.717) is 24.0 Å². The molecule has 6 nitrogen and oxygen atoms in total. The summed E-state index contributed by atoms with van der Waals surface area (Å²) in [6, 6.07) is 6.27. The number of halogens is 3. The predicted octanol–water partition coefficient (Wildman–Crippen LogP) is 3.32. The summed E-state index contributed by atoms with van der Waals surface area (Å²) in [5.41, 5.74) is 0.998. The number of hydrogen-bond acceptors (Lipinski definition) is 5. The van der Waals surface area contributed by atoms with Gasteiger partial charge in [-0.15, -0.1) is 0 Å². The van der Waals surface area contributed by atoms with E-state index in [2.05, 4.69) is 20.0 Å². The van der Waals surface area contributed by atoms with Crippen LogP contribution < -0.4 is 5.32 Å². The Hall–Kier alpha value is -2.42. The lowest BCUT2D eigenvalue weighted by atomic mass is 10.1. The zero-order valence-corrected chi connectivity index (χ0v) is 13.1. The number of carbonyl (C=O) groups is 1. The molecule has 0 saturated carbocycles. The number of ether oxygens (including phenoxy) is 1. The topological polar surface area (TPSA) is 77.2 Å². The fraction of sp³-hybridized carbons (Fsp3) is 0.400. The van der Waals surface area contributed by atoms with Gasteiger partial charge in [-0.25, -0.2) is 0 Å². The molecule has 0 saturated heterocycles. The van der Waals surface area contributed by atoms with E-state index >= 15 is 0 Å². The van der Waals surface area contributed by atoms with Crippen molar-refractivity contribution in [2.45, 2.75) is 32.2 Å². The van der Waals surface area contributed by atoms with Crippen LogP contribution in [-0.4, -0.2) is 23.2 Å². The molecule has 0 aliphatic carbocycles. The molecule has 2 aromatic rings. The lowest BCUT2D eigenvalue weighted by Crippen LogP contribution is -2.29. The van der Waals surface area contributed by atoms with Gasteiger partial charge in [-0.05, 0) is 6.42 Å². The summed E-state index contributed by atoms with van der Waals surface area (Å²) in [6.45, 7) is 1.89. The van der Waals surface area contributed by atoms with Gasteiger partial charge in [0.25, 0.3) is 0 Å². The molecule has 2 rings (SSSR count). The zero-order chi connectivity index (χ0) is 17.7. The summed E-state index contributed by atoms with van der Waals surface area (Å²) in [7, 11) is 1.44. The number of alkyl halides is 3. The monoisotopic (exact) mass is 343 g/mol. The number of benzene rings is 1. The number of rotatable bonds is 6. The lowest BCUT2D eigenvalue weighted by Gasteiger charge is -2.17. The van der Waals surface area contributed by atoms with Gasteiger partial charge >= 0.3 is 12.1 Å². The Balaban J connectivity index is 2.14. The van der Waals surface area contributed by atoms with Crippen molar-refractivity contribution < 1.29 is 27.2 Å². The van der Waals surface area contributed by atoms with Gasteiger partial charge in [0.1, 0.15) is 0 Å². The first-order chi connectivity index (χ1) is 11.3. The molecule has 0 spiro atoms. The minimum atomic E-state index is -4.68. The van der Waals surface area contributed by atoms with Gasteiger partial charge in [0.15, 0.2) is 6.23 Å². The van der Waals surface area contributed by atoms with Crippen LogP contribution in [0.15, 0.2) is 28.8 Å². The maximum atomic E-state index is 12.5. The molecular formula is C15H16F3N3O3. The van der Waals surface area contributed by atoms with E-state index in [4.69, 9.17) is 4.74 Å². The van der Waals surface area contributed by atoms with E-state index in [9.17, 15) is 18.0 Å². The number of carbonyl (C=O) groups excluding carboxylic acids is 1. The summed E-state index contributed by atoms with van der Waals surface area (Å²) in [6.07, 6.45) is -4.24. The number of nitrogens with one attached hydrogen (secondary N) is 1. The Morgan fingerprint density at radius 1 is 1.33 bits per heavy atom. The van der Waals surface area contributed by atoms with Gasteiger partial charge in [-0.3, -0.25) is 4.79 Å². The first kappa shape index (κ1) is 17.9. The lowest BCUT2D eigenvalue weighted by molar-refractivity contribution is -0.159. The second kappa shape index (κ2) is 7.43. The summed E-state index contributed by atoms with van der Waals surface area (Å²) in [4.78, 5) is 15.0. The molecule has 0 bridgehead atoms. The van der Waals surface area contributed by atoms with Crippen molar-refractivity contribution in [1.82, 2.24) is 15.5 Å². The molecule has 1 heterocycles. The molecule has 1 amide bonds. The zero-order valence-electron chi connectivity index (χ0n) is 13.1. The van der Waals surface area contributed by atoms with Gasteiger partial charge < -0.3 is 14.6 Å². The molecule has 0 aliphatic heterocycles. The van der Waals surface area contributed by atoms with Crippen molar-refractivity contribution in [1.29, 1.82) is 0 Å². The third-order valence-electron chi connectivity index (χ3n) is 3.15. The minimum Gasteiger partial charge on any atom is -0.357 e. The van der Waals surface area contributed by atoms with E-state index in [1.54, 1.807) is 12.1 Å². The molecular weight excluding hydrogens is 327 g/mol. The van der Waals surface area contributed by atoms with Crippen LogP contribution in [0.4, 0.5) is 13.2 Å². The molecule has 1 atom stereocenters. The standard InChI is InChI=1S/C15H16F3N3O3/c1-3-4-11(22)19-13(23-2)10-7-5-9(6-8-10)12-20-14(24-21-12)15(16,17)18/h5-8,13H,3-4H2,1-2H3,(H,19,22). The van der Waals surface area contributed by atoms with E-state index < -0.39 is 18.3 Å². The Morgan fingerprint density at radius 3 is 2.50 bits per heavy atom. The van der Waals surface area contributed by atoms with Crippen LogP contribution in [0.25, 0.3) is 11.4 Å². The van der Waals surface area contributed by atoms with E-state index in [1.165, 1.54) is 19.2 Å². The van der Waals surface area contributed by atoms with Crippen molar-refractivity contribution in [3.05, 3.63) is 35.7 Å². The summed E-state index contributed by atoms with van der Waals surface area (Å²) in [5, 5.41) is 6.02. The first-order valence-corrected chi connectivity index (χ1v) is 7.18. The normalized spacial score (nSPS) is 12.9. The third kappa shape index (κ3) is 4.31. The molecule has 1 unspecified atom stereocenters. The highest BCUT2D eigenvalue weighted by Gasteiger charge is 2.38.